The number of hydrogen-bond donors (Lipinski definition) is 1. The average molecular weight is 382 g/mol. The van der Waals surface area contributed by atoms with E-state index < -0.39 is 0 Å². The van der Waals surface area contributed by atoms with E-state index in [1.807, 2.05) is 25.4 Å². The molecule has 1 fully saturated rings. The number of nitrogens with zero attached hydrogens (tertiary/aromatic N) is 3. The van der Waals surface area contributed by atoms with Crippen LogP contribution in [0.1, 0.15) is 18.4 Å². The number of para-hydroxylation sites is 1. The minimum absolute atomic E-state index is 0. The highest BCUT2D eigenvalue weighted by atomic mass is 127. The summed E-state index contributed by atoms with van der Waals surface area (Å²) in [5.41, 5.74) is 8.13. The number of aromatic nitrogens is 1. The Labute approximate surface area is 136 Å². The van der Waals surface area contributed by atoms with Crippen molar-refractivity contribution in [1.82, 2.24) is 9.88 Å². The zero-order chi connectivity index (χ0) is 13.2. The molecule has 0 bridgehead atoms. The summed E-state index contributed by atoms with van der Waals surface area (Å²) in [5, 5.41) is 1.14. The molecule has 1 aliphatic rings. The van der Waals surface area contributed by atoms with Crippen LogP contribution in [0.5, 0.6) is 0 Å². The van der Waals surface area contributed by atoms with Crippen LogP contribution in [0.4, 0.5) is 0 Å². The predicted octanol–water partition coefficient (Wildman–Crippen LogP) is 2.76. The van der Waals surface area contributed by atoms with Crippen LogP contribution < -0.4 is 5.73 Å². The van der Waals surface area contributed by atoms with Gasteiger partial charge in [0.1, 0.15) is 0 Å². The molecule has 1 heterocycles. The number of aliphatic imine (C=N–C) groups is 1. The highest BCUT2D eigenvalue weighted by Gasteiger charge is 2.27. The zero-order valence-electron chi connectivity index (χ0n) is 11.5. The lowest BCUT2D eigenvalue weighted by Crippen LogP contribution is -2.35. The van der Waals surface area contributed by atoms with E-state index in [4.69, 9.17) is 5.73 Å². The van der Waals surface area contributed by atoms with Crippen molar-refractivity contribution in [3.05, 3.63) is 42.1 Å². The molecule has 0 spiro atoms. The highest BCUT2D eigenvalue weighted by molar-refractivity contribution is 14.0. The summed E-state index contributed by atoms with van der Waals surface area (Å²) in [4.78, 5) is 11.0. The summed E-state index contributed by atoms with van der Waals surface area (Å²) < 4.78 is 0. The van der Waals surface area contributed by atoms with E-state index in [-0.39, 0.29) is 24.0 Å². The molecule has 0 aliphatic heterocycles. The smallest absolute Gasteiger partial charge is 0.191 e. The monoisotopic (exact) mass is 382 g/mol. The first-order chi connectivity index (χ1) is 9.25. The summed E-state index contributed by atoms with van der Waals surface area (Å²) in [5.74, 6) is 0.621. The van der Waals surface area contributed by atoms with Crippen molar-refractivity contribution < 1.29 is 0 Å². The van der Waals surface area contributed by atoms with Crippen LogP contribution in [-0.4, -0.2) is 28.9 Å². The van der Waals surface area contributed by atoms with E-state index >= 15 is 0 Å². The third-order valence-corrected chi connectivity index (χ3v) is 3.58. The van der Waals surface area contributed by atoms with Gasteiger partial charge >= 0.3 is 0 Å². The van der Waals surface area contributed by atoms with Gasteiger partial charge in [0.25, 0.3) is 0 Å². The summed E-state index contributed by atoms with van der Waals surface area (Å²) >= 11 is 0. The fraction of sp³-hybridized carbons (Fsp3) is 0.333. The molecule has 0 atom stereocenters. The second kappa shape index (κ2) is 6.39. The Kier molecular flexibility index (Phi) is 4.80. The maximum absolute atomic E-state index is 6.01. The Bertz CT molecular complexity index is 617. The summed E-state index contributed by atoms with van der Waals surface area (Å²) in [6.07, 6.45) is 4.26. The Hall–Kier alpha value is -1.37. The zero-order valence-corrected chi connectivity index (χ0v) is 13.8. The van der Waals surface area contributed by atoms with Crippen molar-refractivity contribution in [2.45, 2.75) is 25.4 Å². The average Bonchev–Trinajstić information content (AvgIpc) is 3.28. The standard InChI is InChI=1S/C15H18N4.HI/c1-19(13-7-8-13)15(16)18-10-12-5-2-4-11-6-3-9-17-14(11)12;/h2-6,9,13H,7-8,10H2,1H3,(H2,16,18);1H. The van der Waals surface area contributed by atoms with Gasteiger partial charge in [-0.05, 0) is 24.5 Å². The lowest BCUT2D eigenvalue weighted by Gasteiger charge is -2.16. The normalized spacial score (nSPS) is 14.9. The molecule has 2 N–H and O–H groups in total. The fourth-order valence-corrected chi connectivity index (χ4v) is 2.22. The van der Waals surface area contributed by atoms with Gasteiger partial charge in [-0.2, -0.15) is 0 Å². The quantitative estimate of drug-likeness (QED) is 0.505. The van der Waals surface area contributed by atoms with Crippen LogP contribution in [0.25, 0.3) is 10.9 Å². The van der Waals surface area contributed by atoms with Crippen molar-refractivity contribution in [1.29, 1.82) is 0 Å². The molecule has 2 aromatic rings. The van der Waals surface area contributed by atoms with Crippen LogP contribution in [-0.2, 0) is 6.54 Å². The second-order valence-corrected chi connectivity index (χ2v) is 5.01. The molecule has 4 nitrogen and oxygen atoms in total. The lowest BCUT2D eigenvalue weighted by molar-refractivity contribution is 0.487. The number of nitrogens with two attached hydrogens (primary N) is 1. The SMILES string of the molecule is CN(C(N)=NCc1cccc2cccnc12)C1CC1.I. The van der Waals surface area contributed by atoms with E-state index in [9.17, 15) is 0 Å². The first kappa shape index (κ1) is 15.0. The molecular weight excluding hydrogens is 363 g/mol. The molecule has 0 amide bonds. The van der Waals surface area contributed by atoms with Gasteiger partial charge < -0.3 is 10.6 Å². The van der Waals surface area contributed by atoms with Gasteiger partial charge in [-0.1, -0.05) is 24.3 Å². The largest absolute Gasteiger partial charge is 0.370 e. The minimum Gasteiger partial charge on any atom is -0.370 e. The Morgan fingerprint density at radius 2 is 2.10 bits per heavy atom. The Balaban J connectivity index is 0.00000147. The molecule has 1 saturated carbocycles. The van der Waals surface area contributed by atoms with Crippen molar-refractivity contribution in [3.63, 3.8) is 0 Å². The number of benzene rings is 1. The van der Waals surface area contributed by atoms with E-state index in [0.29, 0.717) is 18.5 Å². The molecule has 1 aliphatic carbocycles. The third-order valence-electron chi connectivity index (χ3n) is 3.58. The maximum Gasteiger partial charge on any atom is 0.191 e. The number of pyridine rings is 1. The Morgan fingerprint density at radius 1 is 1.35 bits per heavy atom. The van der Waals surface area contributed by atoms with Gasteiger partial charge in [-0.3, -0.25) is 4.98 Å². The van der Waals surface area contributed by atoms with Crippen molar-refractivity contribution in [3.8, 4) is 0 Å². The third kappa shape index (κ3) is 3.20. The first-order valence-corrected chi connectivity index (χ1v) is 6.61. The number of halogens is 1. The fourth-order valence-electron chi connectivity index (χ4n) is 2.22. The summed E-state index contributed by atoms with van der Waals surface area (Å²) in [6, 6.07) is 10.8. The summed E-state index contributed by atoms with van der Waals surface area (Å²) in [7, 11) is 2.01. The molecule has 3 rings (SSSR count). The van der Waals surface area contributed by atoms with Crippen LogP contribution >= 0.6 is 24.0 Å². The molecular formula is C15H19IN4. The molecule has 1 aromatic carbocycles. The number of hydrogen-bond acceptors (Lipinski definition) is 2. The van der Waals surface area contributed by atoms with Crippen LogP contribution in [0, 0.1) is 0 Å². The van der Waals surface area contributed by atoms with Crippen LogP contribution in [0.3, 0.4) is 0 Å². The maximum atomic E-state index is 6.01. The molecule has 106 valence electrons. The highest BCUT2D eigenvalue weighted by Crippen LogP contribution is 2.25. The number of fused-ring (bicyclic) bond motifs is 1. The minimum atomic E-state index is 0. The van der Waals surface area contributed by atoms with Crippen molar-refractivity contribution in [2.75, 3.05) is 7.05 Å². The topological polar surface area (TPSA) is 54.5 Å². The molecule has 0 radical (unpaired) electrons. The molecule has 20 heavy (non-hydrogen) atoms. The van der Waals surface area contributed by atoms with Gasteiger partial charge in [0.15, 0.2) is 5.96 Å². The molecule has 5 heteroatoms. The van der Waals surface area contributed by atoms with E-state index in [1.165, 1.54) is 12.8 Å². The lowest BCUT2D eigenvalue weighted by atomic mass is 10.1. The van der Waals surface area contributed by atoms with Gasteiger partial charge in [0, 0.05) is 24.7 Å². The van der Waals surface area contributed by atoms with Crippen LogP contribution in [0.2, 0.25) is 0 Å². The molecule has 0 unspecified atom stereocenters. The van der Waals surface area contributed by atoms with Crippen LogP contribution in [0.15, 0.2) is 41.5 Å². The van der Waals surface area contributed by atoms with Gasteiger partial charge in [-0.15, -0.1) is 24.0 Å². The molecule has 1 aromatic heterocycles. The first-order valence-electron chi connectivity index (χ1n) is 6.61. The number of rotatable bonds is 3. The summed E-state index contributed by atoms with van der Waals surface area (Å²) in [6.45, 7) is 0.581. The predicted molar refractivity (Wildman–Crippen MR) is 93.3 cm³/mol. The Morgan fingerprint density at radius 3 is 2.85 bits per heavy atom. The van der Waals surface area contributed by atoms with Crippen molar-refractivity contribution in [2.24, 2.45) is 10.7 Å². The van der Waals surface area contributed by atoms with Gasteiger partial charge in [0.2, 0.25) is 0 Å². The van der Waals surface area contributed by atoms with E-state index in [0.717, 1.165) is 16.5 Å². The van der Waals surface area contributed by atoms with Gasteiger partial charge in [0.05, 0.1) is 12.1 Å². The molecule has 0 saturated heterocycles. The van der Waals surface area contributed by atoms with E-state index in [2.05, 4.69) is 33.1 Å². The van der Waals surface area contributed by atoms with Gasteiger partial charge in [-0.25, -0.2) is 4.99 Å². The van der Waals surface area contributed by atoms with E-state index in [1.54, 1.807) is 0 Å². The second-order valence-electron chi connectivity index (χ2n) is 5.01. The number of guanidine groups is 1. The van der Waals surface area contributed by atoms with Crippen molar-refractivity contribution >= 4 is 40.8 Å².